The molecular formula is C26H27N3O3S2. The number of nitrogens with one attached hydrogen (secondary N) is 2. The van der Waals surface area contributed by atoms with Crippen molar-refractivity contribution in [1.82, 2.24) is 15.3 Å². The van der Waals surface area contributed by atoms with Gasteiger partial charge in [-0.2, -0.15) is 0 Å². The van der Waals surface area contributed by atoms with Gasteiger partial charge in [-0.3, -0.25) is 9.59 Å². The largest absolute Gasteiger partial charge is 0.489 e. The van der Waals surface area contributed by atoms with Crippen molar-refractivity contribution in [2.24, 2.45) is 0 Å². The number of fused-ring (bicyclic) bond motifs is 1. The number of hydrogen-bond donors (Lipinski definition) is 2. The lowest BCUT2D eigenvalue weighted by Gasteiger charge is -2.12. The Labute approximate surface area is 206 Å². The van der Waals surface area contributed by atoms with Crippen molar-refractivity contribution in [3.05, 3.63) is 92.3 Å². The van der Waals surface area contributed by atoms with E-state index in [1.165, 1.54) is 23.1 Å². The Hall–Kier alpha value is -3.10. The molecule has 6 nitrogen and oxygen atoms in total. The molecule has 34 heavy (non-hydrogen) atoms. The number of ether oxygens (including phenoxy) is 1. The summed E-state index contributed by atoms with van der Waals surface area (Å²) in [6.45, 7) is 6.75. The van der Waals surface area contributed by atoms with E-state index in [1.807, 2.05) is 75.4 Å². The molecule has 4 rings (SSSR count). The Kier molecular flexibility index (Phi) is 7.70. The Morgan fingerprint density at radius 1 is 1.12 bits per heavy atom. The van der Waals surface area contributed by atoms with E-state index in [9.17, 15) is 9.59 Å². The minimum atomic E-state index is -0.277. The molecule has 1 unspecified atom stereocenters. The fourth-order valence-corrected chi connectivity index (χ4v) is 5.25. The highest BCUT2D eigenvalue weighted by Gasteiger charge is 2.16. The van der Waals surface area contributed by atoms with Gasteiger partial charge in [0.05, 0.1) is 16.4 Å². The van der Waals surface area contributed by atoms with E-state index < -0.39 is 0 Å². The van der Waals surface area contributed by atoms with Crippen LogP contribution in [-0.4, -0.2) is 21.1 Å². The minimum absolute atomic E-state index is 0.0550. The van der Waals surface area contributed by atoms with Crippen LogP contribution in [-0.2, 0) is 23.7 Å². The molecule has 4 aromatic rings. The number of benzene rings is 2. The quantitative estimate of drug-likeness (QED) is 0.338. The van der Waals surface area contributed by atoms with Gasteiger partial charge in [0.15, 0.2) is 0 Å². The third-order valence-corrected chi connectivity index (χ3v) is 7.82. The molecule has 0 aliphatic heterocycles. The van der Waals surface area contributed by atoms with E-state index in [-0.39, 0.29) is 16.7 Å². The Bertz CT molecular complexity index is 1330. The number of aromatic nitrogens is 2. The molecule has 1 atom stereocenters. The molecule has 2 N–H and O–H groups in total. The smallest absolute Gasteiger partial charge is 0.259 e. The van der Waals surface area contributed by atoms with Crippen molar-refractivity contribution < 1.29 is 9.53 Å². The first-order chi connectivity index (χ1) is 16.4. The number of carbonyl (C=O) groups excluding carboxylic acids is 1. The molecule has 0 saturated heterocycles. The first kappa shape index (κ1) is 24.0. The molecule has 2 aromatic carbocycles. The molecule has 2 aromatic heterocycles. The normalized spacial score (nSPS) is 12.0. The average Bonchev–Trinajstić information content (AvgIpc) is 3.14. The molecule has 0 bridgehead atoms. The van der Waals surface area contributed by atoms with Crippen molar-refractivity contribution in [2.45, 2.75) is 44.9 Å². The van der Waals surface area contributed by atoms with E-state index in [0.29, 0.717) is 30.1 Å². The third-order valence-electron chi connectivity index (χ3n) is 5.57. The molecule has 0 fully saturated rings. The number of thiophene rings is 1. The fourth-order valence-electron chi connectivity index (χ4n) is 3.42. The summed E-state index contributed by atoms with van der Waals surface area (Å²) in [6, 6.07) is 17.7. The van der Waals surface area contributed by atoms with Crippen LogP contribution in [0, 0.1) is 13.8 Å². The highest BCUT2D eigenvalue weighted by Crippen LogP contribution is 2.26. The van der Waals surface area contributed by atoms with Crippen molar-refractivity contribution in [2.75, 3.05) is 0 Å². The van der Waals surface area contributed by atoms with Crippen LogP contribution >= 0.6 is 23.1 Å². The van der Waals surface area contributed by atoms with E-state index in [1.54, 1.807) is 0 Å². The van der Waals surface area contributed by atoms with Crippen molar-refractivity contribution in [3.63, 3.8) is 0 Å². The fraction of sp³-hybridized carbons (Fsp3) is 0.269. The summed E-state index contributed by atoms with van der Waals surface area (Å²) in [4.78, 5) is 34.3. The number of rotatable bonds is 9. The monoisotopic (exact) mass is 493 g/mol. The average molecular weight is 494 g/mol. The second kappa shape index (κ2) is 10.9. The van der Waals surface area contributed by atoms with Crippen LogP contribution in [0.4, 0.5) is 0 Å². The van der Waals surface area contributed by atoms with Gasteiger partial charge in [0.25, 0.3) is 5.56 Å². The molecule has 1 amide bonds. The number of amides is 1. The molecule has 0 aliphatic carbocycles. The summed E-state index contributed by atoms with van der Waals surface area (Å²) >= 11 is 2.98. The van der Waals surface area contributed by atoms with Crippen molar-refractivity contribution >= 4 is 39.2 Å². The van der Waals surface area contributed by atoms with E-state index >= 15 is 0 Å². The zero-order valence-electron chi connectivity index (χ0n) is 19.4. The number of nitrogens with zero attached hydrogens (tertiary/aromatic N) is 1. The number of carbonyl (C=O) groups is 1. The van der Waals surface area contributed by atoms with Crippen LogP contribution in [0.25, 0.3) is 10.2 Å². The maximum Gasteiger partial charge on any atom is 0.259 e. The third kappa shape index (κ3) is 5.87. The first-order valence-electron chi connectivity index (χ1n) is 11.0. The Morgan fingerprint density at radius 2 is 1.85 bits per heavy atom. The highest BCUT2D eigenvalue weighted by molar-refractivity contribution is 7.99. The van der Waals surface area contributed by atoms with E-state index in [2.05, 4.69) is 15.3 Å². The van der Waals surface area contributed by atoms with Crippen LogP contribution in [0.5, 0.6) is 5.75 Å². The molecule has 0 saturated carbocycles. The number of H-pyrrole nitrogens is 1. The second-order valence-corrected chi connectivity index (χ2v) is 10.6. The van der Waals surface area contributed by atoms with Crippen LogP contribution in [0.1, 0.15) is 34.3 Å². The molecule has 0 radical (unpaired) electrons. The number of aryl methyl sites for hydroxylation is 2. The summed E-state index contributed by atoms with van der Waals surface area (Å²) in [5, 5.41) is 3.36. The van der Waals surface area contributed by atoms with Crippen LogP contribution in [0.3, 0.4) is 0 Å². The molecule has 8 heteroatoms. The van der Waals surface area contributed by atoms with Crippen LogP contribution < -0.4 is 15.6 Å². The van der Waals surface area contributed by atoms with Gasteiger partial charge in [0, 0.05) is 11.4 Å². The van der Waals surface area contributed by atoms with Gasteiger partial charge >= 0.3 is 0 Å². The lowest BCUT2D eigenvalue weighted by atomic mass is 10.2. The zero-order chi connectivity index (χ0) is 24.1. The molecule has 176 valence electrons. The van der Waals surface area contributed by atoms with Crippen LogP contribution in [0.2, 0.25) is 0 Å². The van der Waals surface area contributed by atoms with Gasteiger partial charge in [-0.15, -0.1) is 23.1 Å². The predicted octanol–water partition coefficient (Wildman–Crippen LogP) is 5.12. The maximum atomic E-state index is 12.5. The number of aromatic amines is 1. The van der Waals surface area contributed by atoms with Gasteiger partial charge in [-0.25, -0.2) is 4.98 Å². The molecular weight excluding hydrogens is 466 g/mol. The van der Waals surface area contributed by atoms with Gasteiger partial charge < -0.3 is 15.0 Å². The second-order valence-electron chi connectivity index (χ2n) is 8.07. The minimum Gasteiger partial charge on any atom is -0.489 e. The van der Waals surface area contributed by atoms with Crippen molar-refractivity contribution in [1.29, 1.82) is 0 Å². The number of hydrogen-bond acceptors (Lipinski definition) is 6. The van der Waals surface area contributed by atoms with Crippen LogP contribution in [0.15, 0.2) is 59.4 Å². The first-order valence-corrected chi connectivity index (χ1v) is 12.9. The van der Waals surface area contributed by atoms with E-state index in [0.717, 1.165) is 32.1 Å². The molecule has 0 spiro atoms. The Morgan fingerprint density at radius 3 is 2.59 bits per heavy atom. The number of thioether (sulfide) groups is 1. The van der Waals surface area contributed by atoms with Gasteiger partial charge in [-0.05, 0) is 49.6 Å². The van der Waals surface area contributed by atoms with Gasteiger partial charge in [0.1, 0.15) is 23.0 Å². The predicted molar refractivity (Wildman–Crippen MR) is 140 cm³/mol. The zero-order valence-corrected chi connectivity index (χ0v) is 21.0. The maximum absolute atomic E-state index is 12.5. The Balaban J connectivity index is 1.25. The van der Waals surface area contributed by atoms with E-state index in [4.69, 9.17) is 4.74 Å². The SMILES string of the molecule is Cc1sc2nc(CSC(C)C(=O)NCc3ccc(OCc4ccccc4)cc3)[nH]c(=O)c2c1C. The standard InChI is InChI=1S/C26H27N3O3S2/c1-16-17(2)34-26-23(16)25(31)28-22(29-26)15-33-18(3)24(30)27-13-19-9-11-21(12-10-19)32-14-20-7-5-4-6-8-20/h4-12,18H,13-15H2,1-3H3,(H,27,30)(H,28,29,31). The van der Waals surface area contributed by atoms with Crippen molar-refractivity contribution in [3.8, 4) is 5.75 Å². The summed E-state index contributed by atoms with van der Waals surface area (Å²) in [5.41, 5.74) is 2.98. The molecule has 0 aliphatic rings. The molecule has 2 heterocycles. The summed E-state index contributed by atoms with van der Waals surface area (Å²) in [5.74, 6) is 1.79. The lowest BCUT2D eigenvalue weighted by molar-refractivity contribution is -0.120. The van der Waals surface area contributed by atoms with Gasteiger partial charge in [0.2, 0.25) is 5.91 Å². The topological polar surface area (TPSA) is 84.1 Å². The summed E-state index contributed by atoms with van der Waals surface area (Å²) in [6.07, 6.45) is 0. The highest BCUT2D eigenvalue weighted by atomic mass is 32.2. The summed E-state index contributed by atoms with van der Waals surface area (Å²) in [7, 11) is 0. The van der Waals surface area contributed by atoms with Gasteiger partial charge in [-0.1, -0.05) is 42.5 Å². The lowest BCUT2D eigenvalue weighted by Crippen LogP contribution is -2.30. The summed E-state index contributed by atoms with van der Waals surface area (Å²) < 4.78 is 5.81.